The van der Waals surface area contributed by atoms with Crippen molar-refractivity contribution in [2.75, 3.05) is 7.11 Å². The van der Waals surface area contributed by atoms with E-state index in [0.717, 1.165) is 11.1 Å². The number of phenols is 1. The molecule has 0 atom stereocenters. The molecule has 2 aromatic carbocycles. The number of rotatable bonds is 3. The molecule has 0 aliphatic heterocycles. The van der Waals surface area contributed by atoms with Gasteiger partial charge in [0.25, 0.3) is 0 Å². The first-order valence-corrected chi connectivity index (χ1v) is 5.64. The predicted octanol–water partition coefficient (Wildman–Crippen LogP) is 2.77. The number of phenolic OH excluding ortho intramolecular Hbond substituents is 1. The van der Waals surface area contributed by atoms with Gasteiger partial charge in [0.1, 0.15) is 5.75 Å². The number of hydrogen-bond acceptors (Lipinski definition) is 3. The standard InChI is InChI=1S/C15H14O3/c1-18-15(17)13-8-12(9-14(16)10-13)7-11-5-3-2-4-6-11/h2-6,8-10,16H,7H2,1H3. The number of carbonyl (C=O) groups is 1. The molecule has 0 saturated carbocycles. The average molecular weight is 242 g/mol. The Kier molecular flexibility index (Phi) is 3.63. The first-order chi connectivity index (χ1) is 8.69. The number of hydrogen-bond donors (Lipinski definition) is 1. The summed E-state index contributed by atoms with van der Waals surface area (Å²) in [5.74, 6) is -0.371. The van der Waals surface area contributed by atoms with E-state index in [4.69, 9.17) is 0 Å². The molecule has 0 heterocycles. The van der Waals surface area contributed by atoms with Gasteiger partial charge in [-0.25, -0.2) is 4.79 Å². The maximum absolute atomic E-state index is 11.4. The molecule has 1 N–H and O–H groups in total. The van der Waals surface area contributed by atoms with Gasteiger partial charge in [-0.3, -0.25) is 0 Å². The van der Waals surface area contributed by atoms with Crippen molar-refractivity contribution in [2.45, 2.75) is 6.42 Å². The number of carbonyl (C=O) groups excluding carboxylic acids is 1. The molecule has 0 radical (unpaired) electrons. The molecule has 0 unspecified atom stereocenters. The average Bonchev–Trinajstić information content (AvgIpc) is 2.38. The number of esters is 1. The molecule has 92 valence electrons. The molecule has 2 rings (SSSR count). The van der Waals surface area contributed by atoms with Crippen molar-refractivity contribution in [3.8, 4) is 5.75 Å². The van der Waals surface area contributed by atoms with E-state index < -0.39 is 5.97 Å². The van der Waals surface area contributed by atoms with Crippen LogP contribution in [0.1, 0.15) is 21.5 Å². The molecule has 0 bridgehead atoms. The number of ether oxygens (including phenoxy) is 1. The third-order valence-electron chi connectivity index (χ3n) is 2.65. The first kappa shape index (κ1) is 12.2. The summed E-state index contributed by atoms with van der Waals surface area (Å²) in [6.07, 6.45) is 0.666. The third kappa shape index (κ3) is 2.88. The summed E-state index contributed by atoms with van der Waals surface area (Å²) >= 11 is 0. The fraction of sp³-hybridized carbons (Fsp3) is 0.133. The van der Waals surface area contributed by atoms with E-state index in [1.807, 2.05) is 30.3 Å². The van der Waals surface area contributed by atoms with Gasteiger partial charge in [0, 0.05) is 0 Å². The van der Waals surface area contributed by atoms with Crippen molar-refractivity contribution in [1.29, 1.82) is 0 Å². The molecule has 0 amide bonds. The van der Waals surface area contributed by atoms with Crippen LogP contribution in [0.2, 0.25) is 0 Å². The predicted molar refractivity (Wildman–Crippen MR) is 68.7 cm³/mol. The Morgan fingerprint density at radius 2 is 1.83 bits per heavy atom. The summed E-state index contributed by atoms with van der Waals surface area (Å²) in [4.78, 5) is 11.4. The normalized spacial score (nSPS) is 10.1. The Balaban J connectivity index is 2.28. The molecule has 3 nitrogen and oxygen atoms in total. The minimum absolute atomic E-state index is 0.0730. The van der Waals surface area contributed by atoms with Gasteiger partial charge in [-0.2, -0.15) is 0 Å². The largest absolute Gasteiger partial charge is 0.508 e. The van der Waals surface area contributed by atoms with E-state index >= 15 is 0 Å². The van der Waals surface area contributed by atoms with Crippen molar-refractivity contribution < 1.29 is 14.6 Å². The fourth-order valence-electron chi connectivity index (χ4n) is 1.84. The van der Waals surface area contributed by atoms with Crippen LogP contribution in [0.4, 0.5) is 0 Å². The lowest BCUT2D eigenvalue weighted by molar-refractivity contribution is 0.0600. The van der Waals surface area contributed by atoms with Crippen LogP contribution in [0.15, 0.2) is 48.5 Å². The van der Waals surface area contributed by atoms with Crippen molar-refractivity contribution in [2.24, 2.45) is 0 Å². The van der Waals surface area contributed by atoms with Crippen molar-refractivity contribution >= 4 is 5.97 Å². The minimum atomic E-state index is -0.444. The summed E-state index contributed by atoms with van der Waals surface area (Å²) in [6.45, 7) is 0. The van der Waals surface area contributed by atoms with Crippen LogP contribution in [0.5, 0.6) is 5.75 Å². The second kappa shape index (κ2) is 5.36. The van der Waals surface area contributed by atoms with Gasteiger partial charge in [0.05, 0.1) is 12.7 Å². The highest BCUT2D eigenvalue weighted by molar-refractivity contribution is 5.90. The Hall–Kier alpha value is -2.29. The maximum atomic E-state index is 11.4. The van der Waals surface area contributed by atoms with Gasteiger partial charge in [0.2, 0.25) is 0 Å². The molecule has 0 aliphatic rings. The lowest BCUT2D eigenvalue weighted by Crippen LogP contribution is -2.02. The molecule has 0 aromatic heterocycles. The zero-order valence-electron chi connectivity index (χ0n) is 10.1. The summed E-state index contributed by atoms with van der Waals surface area (Å²) in [5, 5.41) is 9.61. The summed E-state index contributed by atoms with van der Waals surface area (Å²) in [6, 6.07) is 14.7. The van der Waals surface area contributed by atoms with Crippen LogP contribution < -0.4 is 0 Å². The molecular weight excluding hydrogens is 228 g/mol. The summed E-state index contributed by atoms with van der Waals surface area (Å²) < 4.78 is 4.65. The first-order valence-electron chi connectivity index (χ1n) is 5.64. The second-order valence-corrected chi connectivity index (χ2v) is 4.04. The maximum Gasteiger partial charge on any atom is 0.337 e. The zero-order chi connectivity index (χ0) is 13.0. The SMILES string of the molecule is COC(=O)c1cc(O)cc(Cc2ccccc2)c1. The molecular formula is C15H14O3. The van der Waals surface area contributed by atoms with Gasteiger partial charge < -0.3 is 9.84 Å². The van der Waals surface area contributed by atoms with E-state index in [2.05, 4.69) is 4.74 Å². The molecule has 0 fully saturated rings. The van der Waals surface area contributed by atoms with E-state index in [9.17, 15) is 9.90 Å². The zero-order valence-corrected chi connectivity index (χ0v) is 10.1. The summed E-state index contributed by atoms with van der Waals surface area (Å²) in [5.41, 5.74) is 2.36. The van der Waals surface area contributed by atoms with Crippen LogP contribution >= 0.6 is 0 Å². The van der Waals surface area contributed by atoms with E-state index in [-0.39, 0.29) is 5.75 Å². The van der Waals surface area contributed by atoms with Crippen molar-refractivity contribution in [3.05, 3.63) is 65.2 Å². The Morgan fingerprint density at radius 1 is 1.11 bits per heavy atom. The van der Waals surface area contributed by atoms with Gasteiger partial charge in [-0.15, -0.1) is 0 Å². The highest BCUT2D eigenvalue weighted by Gasteiger charge is 2.08. The lowest BCUT2D eigenvalue weighted by atomic mass is 10.0. The smallest absolute Gasteiger partial charge is 0.337 e. The Morgan fingerprint density at radius 3 is 2.50 bits per heavy atom. The van der Waals surface area contributed by atoms with Crippen LogP contribution in [0.3, 0.4) is 0 Å². The van der Waals surface area contributed by atoms with Crippen LogP contribution in [-0.2, 0) is 11.2 Å². The quantitative estimate of drug-likeness (QED) is 0.842. The van der Waals surface area contributed by atoms with E-state index in [1.54, 1.807) is 12.1 Å². The molecule has 18 heavy (non-hydrogen) atoms. The summed E-state index contributed by atoms with van der Waals surface area (Å²) in [7, 11) is 1.32. The molecule has 3 heteroatoms. The Labute approximate surface area is 106 Å². The Bertz CT molecular complexity index is 547. The number of benzene rings is 2. The second-order valence-electron chi connectivity index (χ2n) is 4.04. The molecule has 2 aromatic rings. The highest BCUT2D eigenvalue weighted by atomic mass is 16.5. The monoisotopic (exact) mass is 242 g/mol. The molecule has 0 saturated heterocycles. The number of aromatic hydroxyl groups is 1. The third-order valence-corrected chi connectivity index (χ3v) is 2.65. The van der Waals surface area contributed by atoms with Crippen molar-refractivity contribution in [1.82, 2.24) is 0 Å². The minimum Gasteiger partial charge on any atom is -0.508 e. The van der Waals surface area contributed by atoms with Crippen LogP contribution in [-0.4, -0.2) is 18.2 Å². The lowest BCUT2D eigenvalue weighted by Gasteiger charge is -2.06. The van der Waals surface area contributed by atoms with Gasteiger partial charge in [-0.05, 0) is 35.7 Å². The topological polar surface area (TPSA) is 46.5 Å². The highest BCUT2D eigenvalue weighted by Crippen LogP contribution is 2.19. The van der Waals surface area contributed by atoms with Gasteiger partial charge in [-0.1, -0.05) is 30.3 Å². The van der Waals surface area contributed by atoms with Crippen LogP contribution in [0.25, 0.3) is 0 Å². The van der Waals surface area contributed by atoms with E-state index in [1.165, 1.54) is 13.2 Å². The number of methoxy groups -OCH3 is 1. The van der Waals surface area contributed by atoms with Gasteiger partial charge >= 0.3 is 5.97 Å². The van der Waals surface area contributed by atoms with Crippen LogP contribution in [0, 0.1) is 0 Å². The van der Waals surface area contributed by atoms with E-state index in [0.29, 0.717) is 12.0 Å². The fourth-order valence-corrected chi connectivity index (χ4v) is 1.84. The molecule has 0 spiro atoms. The van der Waals surface area contributed by atoms with Crippen molar-refractivity contribution in [3.63, 3.8) is 0 Å². The molecule has 0 aliphatic carbocycles. The van der Waals surface area contributed by atoms with Gasteiger partial charge in [0.15, 0.2) is 0 Å².